The van der Waals surface area contributed by atoms with Gasteiger partial charge in [-0.15, -0.1) is 0 Å². The smallest absolute Gasteiger partial charge is 0.328 e. The highest BCUT2D eigenvalue weighted by atomic mass is 16.4. The molecule has 0 rings (SSSR count). The first kappa shape index (κ1) is 11.9. The van der Waals surface area contributed by atoms with Crippen LogP contribution in [0.2, 0.25) is 0 Å². The lowest BCUT2D eigenvalue weighted by atomic mass is 10.3. The Kier molecular flexibility index (Phi) is 5.82. The third-order valence-electron chi connectivity index (χ3n) is 1.35. The summed E-state index contributed by atoms with van der Waals surface area (Å²) in [5, 5.41) is 21.9. The Morgan fingerprint density at radius 1 is 1.46 bits per heavy atom. The van der Waals surface area contributed by atoms with Crippen LogP contribution in [0.3, 0.4) is 0 Å². The minimum Gasteiger partial charge on any atom is -0.480 e. The lowest BCUT2D eigenvalue weighted by molar-refractivity contribution is -0.142. The molecule has 0 spiro atoms. The number of nitrogens with one attached hydrogen (secondary N) is 2. The monoisotopic (exact) mass is 190 g/mol. The van der Waals surface area contributed by atoms with Crippen molar-refractivity contribution in [3.8, 4) is 0 Å². The molecule has 0 saturated heterocycles. The molecule has 6 heteroatoms. The topological polar surface area (TPSA) is 98.7 Å². The second-order valence-corrected chi connectivity index (χ2v) is 2.42. The summed E-state index contributed by atoms with van der Waals surface area (Å²) in [4.78, 5) is 21.3. The van der Waals surface area contributed by atoms with E-state index in [1.165, 1.54) is 0 Å². The Bertz CT molecular complexity index is 183. The molecule has 0 radical (unpaired) electrons. The molecule has 1 amide bonds. The largest absolute Gasteiger partial charge is 0.480 e. The first-order chi connectivity index (χ1) is 6.11. The highest BCUT2D eigenvalue weighted by Gasteiger charge is 2.17. The molecule has 4 N–H and O–H groups in total. The Hall–Kier alpha value is -1.14. The van der Waals surface area contributed by atoms with Gasteiger partial charge in [0.1, 0.15) is 6.04 Å². The number of aliphatic hydroxyl groups is 1. The van der Waals surface area contributed by atoms with Crippen molar-refractivity contribution in [3.05, 3.63) is 0 Å². The van der Waals surface area contributed by atoms with Gasteiger partial charge in [-0.2, -0.15) is 0 Å². The van der Waals surface area contributed by atoms with Crippen LogP contribution in [0.15, 0.2) is 0 Å². The molecule has 0 aliphatic rings. The normalized spacial score (nSPS) is 12.2. The van der Waals surface area contributed by atoms with Gasteiger partial charge in [0.25, 0.3) is 0 Å². The van der Waals surface area contributed by atoms with E-state index in [1.807, 2.05) is 6.92 Å². The fourth-order valence-corrected chi connectivity index (χ4v) is 0.669. The van der Waals surface area contributed by atoms with Gasteiger partial charge in [-0.3, -0.25) is 4.79 Å². The van der Waals surface area contributed by atoms with Crippen LogP contribution < -0.4 is 10.6 Å². The standard InChI is InChI=1S/C7H14N2O4/c1-2-8-3-6(11)9-5(4-10)7(12)13/h5,8,10H,2-4H2,1H3,(H,9,11)(H,12,13). The van der Waals surface area contributed by atoms with E-state index >= 15 is 0 Å². The summed E-state index contributed by atoms with van der Waals surface area (Å²) in [6, 6.07) is -1.22. The molecule has 6 nitrogen and oxygen atoms in total. The molecule has 13 heavy (non-hydrogen) atoms. The predicted molar refractivity (Wildman–Crippen MR) is 45.2 cm³/mol. The van der Waals surface area contributed by atoms with Gasteiger partial charge in [0.05, 0.1) is 13.2 Å². The van der Waals surface area contributed by atoms with E-state index in [0.717, 1.165) is 0 Å². The first-order valence-corrected chi connectivity index (χ1v) is 3.95. The van der Waals surface area contributed by atoms with Crippen LogP contribution in [0.5, 0.6) is 0 Å². The van der Waals surface area contributed by atoms with Gasteiger partial charge in [-0.1, -0.05) is 6.92 Å². The molecule has 76 valence electrons. The van der Waals surface area contributed by atoms with Crippen molar-refractivity contribution in [3.63, 3.8) is 0 Å². The lowest BCUT2D eigenvalue weighted by Crippen LogP contribution is -2.46. The number of carbonyl (C=O) groups is 2. The van der Waals surface area contributed by atoms with Gasteiger partial charge in [0.15, 0.2) is 0 Å². The van der Waals surface area contributed by atoms with Gasteiger partial charge >= 0.3 is 5.97 Å². The molecule has 0 heterocycles. The molecule has 0 fully saturated rings. The number of aliphatic hydroxyl groups excluding tert-OH is 1. The highest BCUT2D eigenvalue weighted by Crippen LogP contribution is 1.81. The maximum absolute atomic E-state index is 10.9. The molecule has 0 aromatic rings. The van der Waals surface area contributed by atoms with Gasteiger partial charge < -0.3 is 20.8 Å². The molecular formula is C7H14N2O4. The summed E-state index contributed by atoms with van der Waals surface area (Å²) in [6.45, 7) is 1.91. The predicted octanol–water partition coefficient (Wildman–Crippen LogP) is -1.84. The number of aliphatic carboxylic acids is 1. The van der Waals surface area contributed by atoms with Gasteiger partial charge in [0.2, 0.25) is 5.91 Å². The van der Waals surface area contributed by atoms with Gasteiger partial charge in [-0.25, -0.2) is 4.79 Å². The van der Waals surface area contributed by atoms with E-state index < -0.39 is 24.5 Å². The summed E-state index contributed by atoms with van der Waals surface area (Å²) in [5.74, 6) is -1.68. The van der Waals surface area contributed by atoms with Crippen molar-refractivity contribution < 1.29 is 19.8 Å². The summed E-state index contributed by atoms with van der Waals surface area (Å²) >= 11 is 0. The quantitative estimate of drug-likeness (QED) is 0.394. The zero-order chi connectivity index (χ0) is 10.3. The van der Waals surface area contributed by atoms with Crippen molar-refractivity contribution in [2.75, 3.05) is 19.7 Å². The zero-order valence-electron chi connectivity index (χ0n) is 7.41. The molecule has 0 aliphatic carbocycles. The van der Waals surface area contributed by atoms with E-state index in [9.17, 15) is 9.59 Å². The zero-order valence-corrected chi connectivity index (χ0v) is 7.41. The SMILES string of the molecule is CCNCC(=O)NC(CO)C(=O)O. The fourth-order valence-electron chi connectivity index (χ4n) is 0.669. The van der Waals surface area contributed by atoms with E-state index in [4.69, 9.17) is 10.2 Å². The van der Waals surface area contributed by atoms with E-state index in [1.54, 1.807) is 0 Å². The number of carboxylic acids is 1. The van der Waals surface area contributed by atoms with Crippen molar-refractivity contribution in [1.82, 2.24) is 10.6 Å². The van der Waals surface area contributed by atoms with Crippen molar-refractivity contribution in [1.29, 1.82) is 0 Å². The van der Waals surface area contributed by atoms with E-state index in [-0.39, 0.29) is 6.54 Å². The molecule has 0 bridgehead atoms. The van der Waals surface area contributed by atoms with Crippen LogP contribution in [0.25, 0.3) is 0 Å². The van der Waals surface area contributed by atoms with Crippen molar-refractivity contribution in [2.24, 2.45) is 0 Å². The second kappa shape index (κ2) is 6.38. The Balaban J connectivity index is 3.80. The summed E-state index contributed by atoms with van der Waals surface area (Å²) in [6.07, 6.45) is 0. The minimum absolute atomic E-state index is 0.0558. The Morgan fingerprint density at radius 3 is 2.46 bits per heavy atom. The number of hydrogen-bond donors (Lipinski definition) is 4. The molecule has 0 aromatic carbocycles. The number of hydrogen-bond acceptors (Lipinski definition) is 4. The number of carbonyl (C=O) groups excluding carboxylic acids is 1. The second-order valence-electron chi connectivity index (χ2n) is 2.42. The summed E-state index contributed by atoms with van der Waals surface area (Å²) in [7, 11) is 0. The van der Waals surface area contributed by atoms with Crippen LogP contribution in [-0.4, -0.2) is 47.8 Å². The minimum atomic E-state index is -1.24. The number of rotatable bonds is 6. The average molecular weight is 190 g/mol. The third-order valence-corrected chi connectivity index (χ3v) is 1.35. The first-order valence-electron chi connectivity index (χ1n) is 3.95. The molecular weight excluding hydrogens is 176 g/mol. The van der Waals surface area contributed by atoms with Crippen LogP contribution >= 0.6 is 0 Å². The number of carboxylic acid groups (broad SMARTS) is 1. The summed E-state index contributed by atoms with van der Waals surface area (Å²) < 4.78 is 0. The molecule has 0 aromatic heterocycles. The molecule has 0 aliphatic heterocycles. The maximum atomic E-state index is 10.9. The van der Waals surface area contributed by atoms with Crippen molar-refractivity contribution in [2.45, 2.75) is 13.0 Å². The molecule has 1 unspecified atom stereocenters. The average Bonchev–Trinajstić information content (AvgIpc) is 2.10. The van der Waals surface area contributed by atoms with Gasteiger partial charge in [-0.05, 0) is 6.54 Å². The lowest BCUT2D eigenvalue weighted by Gasteiger charge is -2.11. The van der Waals surface area contributed by atoms with Crippen molar-refractivity contribution >= 4 is 11.9 Å². The van der Waals surface area contributed by atoms with Crippen LogP contribution in [0.1, 0.15) is 6.92 Å². The highest BCUT2D eigenvalue weighted by molar-refractivity contribution is 5.84. The Labute approximate surface area is 75.9 Å². The molecule has 0 saturated carbocycles. The summed E-state index contributed by atoms with van der Waals surface area (Å²) in [5.41, 5.74) is 0. The fraction of sp³-hybridized carbons (Fsp3) is 0.714. The number of amides is 1. The number of likely N-dealkylation sites (N-methyl/N-ethyl adjacent to an activating group) is 1. The van der Waals surface area contributed by atoms with E-state index in [0.29, 0.717) is 6.54 Å². The van der Waals surface area contributed by atoms with E-state index in [2.05, 4.69) is 10.6 Å². The molecule has 1 atom stereocenters. The third kappa shape index (κ3) is 5.15. The van der Waals surface area contributed by atoms with Crippen LogP contribution in [-0.2, 0) is 9.59 Å². The Morgan fingerprint density at radius 2 is 2.08 bits per heavy atom. The van der Waals surface area contributed by atoms with Gasteiger partial charge in [0, 0.05) is 0 Å². The van der Waals surface area contributed by atoms with Crippen LogP contribution in [0.4, 0.5) is 0 Å². The maximum Gasteiger partial charge on any atom is 0.328 e. The van der Waals surface area contributed by atoms with Crippen LogP contribution in [0, 0.1) is 0 Å².